The zero-order valence-electron chi connectivity index (χ0n) is 17.0. The Kier molecular flexibility index (Phi) is 6.22. The quantitative estimate of drug-likeness (QED) is 0.730. The lowest BCUT2D eigenvalue weighted by Gasteiger charge is -2.46. The highest BCUT2D eigenvalue weighted by Gasteiger charge is 2.47. The normalized spacial score (nSPS) is 21.1. The highest BCUT2D eigenvalue weighted by molar-refractivity contribution is 6.01. The molecule has 4 rings (SSSR count). The topological polar surface area (TPSA) is 94.6 Å². The molecule has 31 heavy (non-hydrogen) atoms. The Morgan fingerprint density at radius 2 is 2.00 bits per heavy atom. The number of hydrogen-bond acceptors (Lipinski definition) is 5. The molecule has 9 heteroatoms. The lowest BCUT2D eigenvalue weighted by atomic mass is 9.93. The molecule has 3 heterocycles. The molecule has 0 saturated carbocycles. The van der Waals surface area contributed by atoms with Gasteiger partial charge < -0.3 is 15.5 Å². The van der Waals surface area contributed by atoms with E-state index >= 15 is 0 Å². The van der Waals surface area contributed by atoms with E-state index in [0.717, 1.165) is 16.9 Å². The lowest BCUT2D eigenvalue weighted by Crippen LogP contribution is -2.70. The van der Waals surface area contributed by atoms with Crippen molar-refractivity contribution in [1.29, 1.82) is 0 Å². The number of benzene rings is 1. The third-order valence-corrected chi connectivity index (χ3v) is 5.60. The molecule has 4 amide bonds. The summed E-state index contributed by atoms with van der Waals surface area (Å²) in [6.07, 6.45) is 3.07. The van der Waals surface area contributed by atoms with Gasteiger partial charge in [0.2, 0.25) is 11.8 Å². The minimum atomic E-state index is -0.542. The van der Waals surface area contributed by atoms with Crippen LogP contribution in [0, 0.1) is 5.82 Å². The van der Waals surface area contributed by atoms with E-state index in [2.05, 4.69) is 15.6 Å². The van der Waals surface area contributed by atoms with E-state index in [9.17, 15) is 18.8 Å². The number of amides is 4. The van der Waals surface area contributed by atoms with E-state index in [-0.39, 0.29) is 43.3 Å². The smallest absolute Gasteiger partial charge is 0.327 e. The molecule has 2 aliphatic heterocycles. The second kappa shape index (κ2) is 9.22. The average Bonchev–Trinajstić information content (AvgIpc) is 2.80. The third-order valence-electron chi connectivity index (χ3n) is 5.60. The number of pyridine rings is 1. The molecule has 0 bridgehead atoms. The number of hydrogen-bond donors (Lipinski definition) is 2. The van der Waals surface area contributed by atoms with Crippen molar-refractivity contribution in [2.75, 3.05) is 13.1 Å². The first-order valence-corrected chi connectivity index (χ1v) is 10.3. The van der Waals surface area contributed by atoms with Crippen molar-refractivity contribution in [3.8, 4) is 0 Å². The maximum absolute atomic E-state index is 13.2. The number of aromatic nitrogens is 1. The summed E-state index contributed by atoms with van der Waals surface area (Å²) >= 11 is 0. The van der Waals surface area contributed by atoms with Crippen molar-refractivity contribution < 1.29 is 18.8 Å². The number of halogens is 1. The summed E-state index contributed by atoms with van der Waals surface area (Å²) in [6.45, 7) is 0.805. The van der Waals surface area contributed by atoms with Gasteiger partial charge in [0.05, 0.1) is 18.3 Å². The van der Waals surface area contributed by atoms with E-state index < -0.39 is 12.1 Å². The number of imide groups is 1. The van der Waals surface area contributed by atoms with Gasteiger partial charge in [-0.25, -0.2) is 9.18 Å². The Balaban J connectivity index is 1.47. The van der Waals surface area contributed by atoms with Crippen LogP contribution in [0.4, 0.5) is 9.18 Å². The number of nitrogens with one attached hydrogen (secondary N) is 2. The van der Waals surface area contributed by atoms with Gasteiger partial charge in [-0.3, -0.25) is 19.5 Å². The first-order chi connectivity index (χ1) is 15.0. The Bertz CT molecular complexity index is 953. The third kappa shape index (κ3) is 4.72. The van der Waals surface area contributed by atoms with Crippen molar-refractivity contribution in [3.05, 3.63) is 65.7 Å². The zero-order valence-corrected chi connectivity index (χ0v) is 17.0. The first-order valence-electron chi connectivity index (χ1n) is 10.3. The summed E-state index contributed by atoms with van der Waals surface area (Å²) in [5.41, 5.74) is 1.35. The number of rotatable bonds is 6. The van der Waals surface area contributed by atoms with Crippen molar-refractivity contribution in [1.82, 2.24) is 25.4 Å². The number of urea groups is 1. The van der Waals surface area contributed by atoms with Crippen LogP contribution in [0.5, 0.6) is 0 Å². The van der Waals surface area contributed by atoms with Crippen LogP contribution < -0.4 is 10.6 Å². The van der Waals surface area contributed by atoms with Crippen molar-refractivity contribution >= 4 is 17.8 Å². The number of carbonyl (C=O) groups is 3. The molecule has 2 N–H and O–H groups in total. The van der Waals surface area contributed by atoms with E-state index in [0.29, 0.717) is 18.7 Å². The van der Waals surface area contributed by atoms with Gasteiger partial charge in [-0.15, -0.1) is 0 Å². The molecule has 2 aromatic rings. The SMILES string of the molecule is O=C(CN1C(=O)N(Cc2ccccn2)C(=O)C2NCCCC21)NCc1ccc(F)cc1. The molecular formula is C22H24FN5O3. The minimum Gasteiger partial charge on any atom is -0.350 e. The molecule has 2 fully saturated rings. The number of fused-ring (bicyclic) bond motifs is 1. The van der Waals surface area contributed by atoms with Gasteiger partial charge in [-0.1, -0.05) is 18.2 Å². The van der Waals surface area contributed by atoms with Gasteiger partial charge >= 0.3 is 6.03 Å². The van der Waals surface area contributed by atoms with Crippen LogP contribution in [0.2, 0.25) is 0 Å². The summed E-state index contributed by atoms with van der Waals surface area (Å²) in [5.74, 6) is -0.972. The fourth-order valence-electron chi connectivity index (χ4n) is 4.02. The standard InChI is InChI=1S/C22H24FN5O3/c23-16-8-6-15(7-9-16)12-26-19(29)14-27-18-5-3-11-25-20(18)21(30)28(22(27)31)13-17-4-1-2-10-24-17/h1-2,4,6-10,18,20,25H,3,5,11-14H2,(H,26,29). The number of carbonyl (C=O) groups excluding carboxylic acids is 3. The molecule has 162 valence electrons. The number of piperidine rings is 1. The zero-order chi connectivity index (χ0) is 21.8. The molecule has 1 aromatic carbocycles. The van der Waals surface area contributed by atoms with Crippen LogP contribution in [0.3, 0.4) is 0 Å². The van der Waals surface area contributed by atoms with E-state index in [4.69, 9.17) is 0 Å². The molecule has 2 atom stereocenters. The van der Waals surface area contributed by atoms with Gasteiger partial charge in [-0.05, 0) is 49.2 Å². The van der Waals surface area contributed by atoms with Crippen LogP contribution in [-0.4, -0.2) is 57.8 Å². The molecule has 0 radical (unpaired) electrons. The average molecular weight is 425 g/mol. The fourth-order valence-corrected chi connectivity index (χ4v) is 4.02. The predicted molar refractivity (Wildman–Crippen MR) is 110 cm³/mol. The van der Waals surface area contributed by atoms with Crippen molar-refractivity contribution in [3.63, 3.8) is 0 Å². The minimum absolute atomic E-state index is 0.0527. The van der Waals surface area contributed by atoms with Crippen LogP contribution >= 0.6 is 0 Å². The summed E-state index contributed by atoms with van der Waals surface area (Å²) in [4.78, 5) is 45.6. The van der Waals surface area contributed by atoms with Crippen LogP contribution in [0.1, 0.15) is 24.1 Å². The fraction of sp³-hybridized carbons (Fsp3) is 0.364. The Hall–Kier alpha value is -3.33. The van der Waals surface area contributed by atoms with Gasteiger partial charge in [0.25, 0.3) is 0 Å². The maximum Gasteiger partial charge on any atom is 0.327 e. The molecule has 1 aromatic heterocycles. The molecule has 0 spiro atoms. The second-order valence-corrected chi connectivity index (χ2v) is 7.70. The summed E-state index contributed by atoms with van der Waals surface area (Å²) in [7, 11) is 0. The van der Waals surface area contributed by atoms with E-state index in [1.165, 1.54) is 17.0 Å². The Morgan fingerprint density at radius 1 is 1.19 bits per heavy atom. The highest BCUT2D eigenvalue weighted by Crippen LogP contribution is 2.25. The van der Waals surface area contributed by atoms with E-state index in [1.807, 2.05) is 0 Å². The van der Waals surface area contributed by atoms with Gasteiger partial charge in [0.1, 0.15) is 18.4 Å². The molecule has 8 nitrogen and oxygen atoms in total. The largest absolute Gasteiger partial charge is 0.350 e. The van der Waals surface area contributed by atoms with Gasteiger partial charge in [0.15, 0.2) is 0 Å². The summed E-state index contributed by atoms with van der Waals surface area (Å²) in [5, 5.41) is 5.97. The molecule has 2 unspecified atom stereocenters. The number of nitrogens with zero attached hydrogens (tertiary/aromatic N) is 3. The molecule has 2 aliphatic rings. The van der Waals surface area contributed by atoms with Crippen molar-refractivity contribution in [2.45, 2.75) is 38.0 Å². The second-order valence-electron chi connectivity index (χ2n) is 7.70. The predicted octanol–water partition coefficient (Wildman–Crippen LogP) is 1.42. The highest BCUT2D eigenvalue weighted by atomic mass is 19.1. The Morgan fingerprint density at radius 3 is 2.74 bits per heavy atom. The lowest BCUT2D eigenvalue weighted by molar-refractivity contribution is -0.139. The van der Waals surface area contributed by atoms with Crippen LogP contribution in [0.15, 0.2) is 48.7 Å². The molecule has 2 saturated heterocycles. The molecule has 0 aliphatic carbocycles. The maximum atomic E-state index is 13.2. The monoisotopic (exact) mass is 425 g/mol. The van der Waals surface area contributed by atoms with Gasteiger partial charge in [0, 0.05) is 12.7 Å². The Labute approximate surface area is 179 Å². The van der Waals surface area contributed by atoms with Crippen molar-refractivity contribution in [2.24, 2.45) is 0 Å². The van der Waals surface area contributed by atoms with E-state index in [1.54, 1.807) is 36.5 Å². The van der Waals surface area contributed by atoms with Crippen LogP contribution in [-0.2, 0) is 22.7 Å². The summed E-state index contributed by atoms with van der Waals surface area (Å²) < 4.78 is 13.0. The first kappa shape index (κ1) is 20.9. The van der Waals surface area contributed by atoms with Gasteiger partial charge in [-0.2, -0.15) is 0 Å². The summed E-state index contributed by atoms with van der Waals surface area (Å²) in [6, 6.07) is 9.75. The van der Waals surface area contributed by atoms with Crippen LogP contribution in [0.25, 0.3) is 0 Å². The molecular weight excluding hydrogens is 401 g/mol.